The number of nitrogens with two attached hydrogens (primary N) is 1. The molecule has 0 saturated heterocycles. The van der Waals surface area contributed by atoms with Crippen molar-refractivity contribution in [2.45, 2.75) is 6.92 Å². The van der Waals surface area contributed by atoms with Crippen LogP contribution >= 0.6 is 0 Å². The Morgan fingerprint density at radius 3 is 2.60 bits per heavy atom. The number of nitrogens with one attached hydrogen (secondary N) is 2. The van der Waals surface area contributed by atoms with Gasteiger partial charge in [0.1, 0.15) is 5.76 Å². The van der Waals surface area contributed by atoms with Gasteiger partial charge < -0.3 is 20.9 Å². The SMILES string of the molecule is Cc1cc(NC(=O)CNC(=O)c2ccc(N)cc2)no1. The highest BCUT2D eigenvalue weighted by atomic mass is 16.5. The Morgan fingerprint density at radius 2 is 2.00 bits per heavy atom. The van der Waals surface area contributed by atoms with E-state index in [1.54, 1.807) is 37.3 Å². The predicted molar refractivity (Wildman–Crippen MR) is 73.1 cm³/mol. The van der Waals surface area contributed by atoms with Crippen molar-refractivity contribution < 1.29 is 14.1 Å². The fourth-order valence-electron chi connectivity index (χ4n) is 1.51. The van der Waals surface area contributed by atoms with Gasteiger partial charge in [0.05, 0.1) is 6.54 Å². The molecule has 20 heavy (non-hydrogen) atoms. The van der Waals surface area contributed by atoms with Crippen LogP contribution in [0.2, 0.25) is 0 Å². The topological polar surface area (TPSA) is 110 Å². The zero-order valence-corrected chi connectivity index (χ0v) is 10.8. The third-order valence-electron chi connectivity index (χ3n) is 2.48. The summed E-state index contributed by atoms with van der Waals surface area (Å²) in [5, 5.41) is 8.61. The van der Waals surface area contributed by atoms with Crippen molar-refractivity contribution in [2.24, 2.45) is 0 Å². The fraction of sp³-hybridized carbons (Fsp3) is 0.154. The molecule has 0 unspecified atom stereocenters. The maximum atomic E-state index is 11.8. The molecule has 0 aliphatic carbocycles. The zero-order valence-electron chi connectivity index (χ0n) is 10.8. The molecule has 0 saturated carbocycles. The molecule has 2 aromatic rings. The summed E-state index contributed by atoms with van der Waals surface area (Å²) < 4.78 is 4.81. The molecule has 0 aliphatic rings. The number of hydrogen-bond acceptors (Lipinski definition) is 5. The lowest BCUT2D eigenvalue weighted by atomic mass is 10.2. The Balaban J connectivity index is 1.84. The average molecular weight is 274 g/mol. The number of amides is 2. The zero-order chi connectivity index (χ0) is 14.5. The maximum Gasteiger partial charge on any atom is 0.251 e. The first-order valence-corrected chi connectivity index (χ1v) is 5.91. The van der Waals surface area contributed by atoms with Crippen LogP contribution in [0.25, 0.3) is 0 Å². The van der Waals surface area contributed by atoms with Crippen molar-refractivity contribution in [3.05, 3.63) is 41.7 Å². The van der Waals surface area contributed by atoms with E-state index in [0.717, 1.165) is 0 Å². The Bertz CT molecular complexity index is 619. The summed E-state index contributed by atoms with van der Waals surface area (Å²) in [5.74, 6) is 0.166. The highest BCUT2D eigenvalue weighted by Gasteiger charge is 2.09. The molecule has 2 rings (SSSR count). The van der Waals surface area contributed by atoms with E-state index in [9.17, 15) is 9.59 Å². The number of carbonyl (C=O) groups excluding carboxylic acids is 2. The summed E-state index contributed by atoms with van der Waals surface area (Å²) in [4.78, 5) is 23.3. The number of nitrogen functional groups attached to an aromatic ring is 1. The molecule has 0 fully saturated rings. The summed E-state index contributed by atoms with van der Waals surface area (Å²) in [6.07, 6.45) is 0. The Hall–Kier alpha value is -2.83. The highest BCUT2D eigenvalue weighted by molar-refractivity contribution is 5.99. The van der Waals surface area contributed by atoms with Crippen LogP contribution in [0.4, 0.5) is 11.5 Å². The van der Waals surface area contributed by atoms with Crippen LogP contribution in [-0.2, 0) is 4.79 Å². The lowest BCUT2D eigenvalue weighted by molar-refractivity contribution is -0.115. The molecule has 4 N–H and O–H groups in total. The van der Waals surface area contributed by atoms with Crippen LogP contribution < -0.4 is 16.4 Å². The molecule has 0 bridgehead atoms. The number of aromatic nitrogens is 1. The number of benzene rings is 1. The summed E-state index contributed by atoms with van der Waals surface area (Å²) >= 11 is 0. The smallest absolute Gasteiger partial charge is 0.251 e. The van der Waals surface area contributed by atoms with Gasteiger partial charge in [0.25, 0.3) is 5.91 Å². The minimum atomic E-state index is -0.387. The van der Waals surface area contributed by atoms with E-state index in [4.69, 9.17) is 10.3 Å². The molecular weight excluding hydrogens is 260 g/mol. The monoisotopic (exact) mass is 274 g/mol. The molecule has 104 valence electrons. The van der Waals surface area contributed by atoms with Crippen LogP contribution in [0.1, 0.15) is 16.1 Å². The molecule has 0 spiro atoms. The van der Waals surface area contributed by atoms with Crippen molar-refractivity contribution in [1.82, 2.24) is 10.5 Å². The number of hydrogen-bond donors (Lipinski definition) is 3. The maximum absolute atomic E-state index is 11.8. The van der Waals surface area contributed by atoms with E-state index >= 15 is 0 Å². The number of rotatable bonds is 4. The van der Waals surface area contributed by atoms with Crippen molar-refractivity contribution in [2.75, 3.05) is 17.6 Å². The molecule has 1 aromatic carbocycles. The van der Waals surface area contributed by atoms with Crippen LogP contribution in [0, 0.1) is 6.92 Å². The molecule has 0 radical (unpaired) electrons. The van der Waals surface area contributed by atoms with Crippen LogP contribution in [0.5, 0.6) is 0 Å². The summed E-state index contributed by atoms with van der Waals surface area (Å²) in [5.41, 5.74) is 6.53. The van der Waals surface area contributed by atoms with Crippen molar-refractivity contribution in [1.29, 1.82) is 0 Å². The average Bonchev–Trinajstić information content (AvgIpc) is 2.82. The second-order valence-electron chi connectivity index (χ2n) is 4.18. The van der Waals surface area contributed by atoms with Gasteiger partial charge in [-0.25, -0.2) is 0 Å². The third-order valence-corrected chi connectivity index (χ3v) is 2.48. The van der Waals surface area contributed by atoms with Crippen LogP contribution in [-0.4, -0.2) is 23.5 Å². The quantitative estimate of drug-likeness (QED) is 0.718. The normalized spacial score (nSPS) is 10.1. The lowest BCUT2D eigenvalue weighted by Gasteiger charge is -2.05. The van der Waals surface area contributed by atoms with Gasteiger partial charge in [-0.05, 0) is 31.2 Å². The first-order chi connectivity index (χ1) is 9.54. The largest absolute Gasteiger partial charge is 0.399 e. The molecule has 0 aliphatic heterocycles. The Labute approximate surface area is 115 Å². The van der Waals surface area contributed by atoms with E-state index in [1.165, 1.54) is 0 Å². The minimum Gasteiger partial charge on any atom is -0.399 e. The van der Waals surface area contributed by atoms with Gasteiger partial charge in [-0.2, -0.15) is 0 Å². The molecule has 1 heterocycles. The van der Waals surface area contributed by atoms with Gasteiger partial charge in [-0.1, -0.05) is 5.16 Å². The number of nitrogens with zero attached hydrogens (tertiary/aromatic N) is 1. The van der Waals surface area contributed by atoms with Gasteiger partial charge >= 0.3 is 0 Å². The molecule has 0 atom stereocenters. The lowest BCUT2D eigenvalue weighted by Crippen LogP contribution is -2.32. The molecule has 7 nitrogen and oxygen atoms in total. The molecular formula is C13H14N4O3. The third kappa shape index (κ3) is 3.58. The molecule has 7 heteroatoms. The number of anilines is 2. The first-order valence-electron chi connectivity index (χ1n) is 5.91. The van der Waals surface area contributed by atoms with E-state index in [1.807, 2.05) is 0 Å². The Morgan fingerprint density at radius 1 is 1.30 bits per heavy atom. The summed E-state index contributed by atoms with van der Waals surface area (Å²) in [6, 6.07) is 7.99. The fourth-order valence-corrected chi connectivity index (χ4v) is 1.51. The van der Waals surface area contributed by atoms with E-state index < -0.39 is 0 Å². The van der Waals surface area contributed by atoms with Crippen molar-refractivity contribution in [3.63, 3.8) is 0 Å². The van der Waals surface area contributed by atoms with Crippen molar-refractivity contribution >= 4 is 23.3 Å². The summed E-state index contributed by atoms with van der Waals surface area (Å²) in [7, 11) is 0. The van der Waals surface area contributed by atoms with Gasteiger partial charge in [0, 0.05) is 17.3 Å². The second kappa shape index (κ2) is 5.87. The number of carbonyl (C=O) groups is 2. The first kappa shape index (κ1) is 13.6. The van der Waals surface area contributed by atoms with Gasteiger partial charge in [-0.3, -0.25) is 9.59 Å². The van der Waals surface area contributed by atoms with E-state index in [-0.39, 0.29) is 18.4 Å². The van der Waals surface area contributed by atoms with Crippen LogP contribution in [0.15, 0.2) is 34.9 Å². The number of aryl methyl sites for hydroxylation is 1. The van der Waals surface area contributed by atoms with E-state index in [0.29, 0.717) is 22.8 Å². The molecule has 2 amide bonds. The molecule has 1 aromatic heterocycles. The minimum absolute atomic E-state index is 0.158. The van der Waals surface area contributed by atoms with Gasteiger partial charge in [-0.15, -0.1) is 0 Å². The van der Waals surface area contributed by atoms with Crippen LogP contribution in [0.3, 0.4) is 0 Å². The van der Waals surface area contributed by atoms with Crippen molar-refractivity contribution in [3.8, 4) is 0 Å². The summed E-state index contributed by atoms with van der Waals surface area (Å²) in [6.45, 7) is 1.56. The van der Waals surface area contributed by atoms with Gasteiger partial charge in [0.15, 0.2) is 5.82 Å². The van der Waals surface area contributed by atoms with E-state index in [2.05, 4.69) is 15.8 Å². The standard InChI is InChI=1S/C13H14N4O3/c1-8-6-11(17-20-8)16-12(18)7-15-13(19)9-2-4-10(14)5-3-9/h2-6H,7,14H2,1H3,(H,15,19)(H,16,17,18). The second-order valence-corrected chi connectivity index (χ2v) is 4.18. The van der Waals surface area contributed by atoms with Gasteiger partial charge in [0.2, 0.25) is 5.91 Å². The Kier molecular flexibility index (Phi) is 3.99. The predicted octanol–water partition coefficient (Wildman–Crippen LogP) is 0.934. The highest BCUT2D eigenvalue weighted by Crippen LogP contribution is 2.07.